The van der Waals surface area contributed by atoms with Gasteiger partial charge in [-0.15, -0.1) is 0 Å². The first kappa shape index (κ1) is 12.1. The Bertz CT molecular complexity index is 350. The average Bonchev–Trinajstić information content (AvgIpc) is 2.18. The van der Waals surface area contributed by atoms with E-state index in [2.05, 4.69) is 0 Å². The molecule has 1 nitrogen and oxygen atoms in total. The normalized spacial score (nSPS) is 11.9. The number of allylic oxidation sites excluding steroid dienone is 2. The minimum atomic E-state index is -0.0137. The molecule has 0 aromatic heterocycles. The van der Waals surface area contributed by atoms with E-state index in [9.17, 15) is 4.79 Å². The summed E-state index contributed by atoms with van der Waals surface area (Å²) in [6, 6.07) is 9.76. The Morgan fingerprint density at radius 2 is 1.87 bits per heavy atom. The van der Waals surface area contributed by atoms with E-state index in [0.29, 0.717) is 0 Å². The molecule has 0 spiro atoms. The van der Waals surface area contributed by atoms with Crippen LogP contribution in [0, 0.1) is 5.92 Å². The van der Waals surface area contributed by atoms with E-state index in [1.807, 2.05) is 57.2 Å². The second kappa shape index (κ2) is 5.76. The van der Waals surface area contributed by atoms with Crippen LogP contribution in [0.1, 0.15) is 20.8 Å². The zero-order chi connectivity index (χ0) is 11.3. The molecule has 0 bridgehead atoms. The first-order valence-corrected chi connectivity index (χ1v) is 5.83. The molecule has 0 saturated carbocycles. The lowest BCUT2D eigenvalue weighted by Crippen LogP contribution is -2.03. The van der Waals surface area contributed by atoms with Gasteiger partial charge in [-0.05, 0) is 26.0 Å². The van der Waals surface area contributed by atoms with Gasteiger partial charge in [0.1, 0.15) is 0 Å². The van der Waals surface area contributed by atoms with Gasteiger partial charge in [-0.25, -0.2) is 0 Å². The first-order valence-electron chi connectivity index (χ1n) is 5.01. The second-order valence-corrected chi connectivity index (χ2v) is 4.84. The molecule has 2 heteroatoms. The lowest BCUT2D eigenvalue weighted by molar-refractivity contribution is -0.112. The number of rotatable bonds is 3. The Hall–Kier alpha value is -1.02. The van der Waals surface area contributed by atoms with Crippen molar-refractivity contribution in [3.63, 3.8) is 0 Å². The molecule has 0 radical (unpaired) electrons. The Labute approximate surface area is 95.6 Å². The zero-order valence-electron chi connectivity index (χ0n) is 9.36. The van der Waals surface area contributed by atoms with E-state index >= 15 is 0 Å². The molecule has 1 unspecified atom stereocenters. The Morgan fingerprint density at radius 3 is 2.40 bits per heavy atom. The SMILES string of the molecule is CC(C)=CC(C)C(=O)Sc1ccccc1. The molecule has 80 valence electrons. The van der Waals surface area contributed by atoms with E-state index in [0.717, 1.165) is 4.90 Å². The molecule has 0 fully saturated rings. The summed E-state index contributed by atoms with van der Waals surface area (Å²) in [7, 11) is 0. The Balaban J connectivity index is 2.60. The third kappa shape index (κ3) is 4.34. The number of carbonyl (C=O) groups excluding carboxylic acids is 1. The molecule has 0 aliphatic rings. The van der Waals surface area contributed by atoms with Crippen LogP contribution in [0.5, 0.6) is 0 Å². The summed E-state index contributed by atoms with van der Waals surface area (Å²) in [6.07, 6.45) is 2.00. The summed E-state index contributed by atoms with van der Waals surface area (Å²) in [6.45, 7) is 5.96. The van der Waals surface area contributed by atoms with Crippen molar-refractivity contribution in [3.8, 4) is 0 Å². The molecule has 1 atom stereocenters. The Kier molecular flexibility index (Phi) is 4.63. The van der Waals surface area contributed by atoms with Gasteiger partial charge in [-0.3, -0.25) is 4.79 Å². The number of hydrogen-bond acceptors (Lipinski definition) is 2. The lowest BCUT2D eigenvalue weighted by Gasteiger charge is -2.05. The van der Waals surface area contributed by atoms with E-state index in [4.69, 9.17) is 0 Å². The summed E-state index contributed by atoms with van der Waals surface area (Å²) in [4.78, 5) is 12.8. The number of thioether (sulfide) groups is 1. The predicted molar refractivity (Wildman–Crippen MR) is 65.9 cm³/mol. The molecular weight excluding hydrogens is 204 g/mol. The highest BCUT2D eigenvalue weighted by Gasteiger charge is 2.11. The molecule has 0 aliphatic carbocycles. The minimum absolute atomic E-state index is 0.0137. The van der Waals surface area contributed by atoms with Crippen LogP contribution < -0.4 is 0 Å². The third-order valence-electron chi connectivity index (χ3n) is 1.92. The van der Waals surface area contributed by atoms with Crippen LogP contribution in [0.3, 0.4) is 0 Å². The molecule has 0 aliphatic heterocycles. The van der Waals surface area contributed by atoms with E-state index in [1.54, 1.807) is 0 Å². The molecule has 0 saturated heterocycles. The van der Waals surface area contributed by atoms with Gasteiger partial charge in [0.05, 0.1) is 0 Å². The van der Waals surface area contributed by atoms with Gasteiger partial charge in [0.2, 0.25) is 0 Å². The lowest BCUT2D eigenvalue weighted by atomic mass is 10.1. The fourth-order valence-corrected chi connectivity index (χ4v) is 2.05. The van der Waals surface area contributed by atoms with Crippen molar-refractivity contribution in [1.82, 2.24) is 0 Å². The maximum absolute atomic E-state index is 11.8. The molecule has 1 aromatic rings. The highest BCUT2D eigenvalue weighted by atomic mass is 32.2. The Morgan fingerprint density at radius 1 is 1.27 bits per heavy atom. The van der Waals surface area contributed by atoms with E-state index in [-0.39, 0.29) is 11.0 Å². The highest BCUT2D eigenvalue weighted by molar-refractivity contribution is 8.13. The van der Waals surface area contributed by atoms with Crippen LogP contribution in [0.4, 0.5) is 0 Å². The van der Waals surface area contributed by atoms with Gasteiger partial charge >= 0.3 is 0 Å². The zero-order valence-corrected chi connectivity index (χ0v) is 10.2. The first-order chi connectivity index (χ1) is 7.09. The number of benzene rings is 1. The minimum Gasteiger partial charge on any atom is -0.286 e. The van der Waals surface area contributed by atoms with Gasteiger partial charge in [0.15, 0.2) is 5.12 Å². The largest absolute Gasteiger partial charge is 0.286 e. The van der Waals surface area contributed by atoms with Crippen LogP contribution in [-0.2, 0) is 4.79 Å². The summed E-state index contributed by atoms with van der Waals surface area (Å²) in [5, 5.41) is 0.197. The van der Waals surface area contributed by atoms with E-state index in [1.165, 1.54) is 17.3 Å². The van der Waals surface area contributed by atoms with Crippen molar-refractivity contribution >= 4 is 16.9 Å². The summed E-state index contributed by atoms with van der Waals surface area (Å²) in [5.41, 5.74) is 1.18. The molecular formula is C13H16OS. The van der Waals surface area contributed by atoms with Crippen LogP contribution in [0.2, 0.25) is 0 Å². The molecule has 1 rings (SSSR count). The van der Waals surface area contributed by atoms with Crippen LogP contribution in [-0.4, -0.2) is 5.12 Å². The van der Waals surface area contributed by atoms with Crippen LogP contribution >= 0.6 is 11.8 Å². The summed E-state index contributed by atoms with van der Waals surface area (Å²) < 4.78 is 0. The maximum atomic E-state index is 11.8. The fraction of sp³-hybridized carbons (Fsp3) is 0.308. The highest BCUT2D eigenvalue weighted by Crippen LogP contribution is 2.22. The molecule has 0 N–H and O–H groups in total. The monoisotopic (exact) mass is 220 g/mol. The topological polar surface area (TPSA) is 17.1 Å². The van der Waals surface area contributed by atoms with Gasteiger partial charge in [0, 0.05) is 10.8 Å². The molecule has 1 aromatic carbocycles. The van der Waals surface area contributed by atoms with Crippen molar-refractivity contribution in [3.05, 3.63) is 42.0 Å². The van der Waals surface area contributed by atoms with Gasteiger partial charge in [0.25, 0.3) is 0 Å². The quantitative estimate of drug-likeness (QED) is 0.567. The van der Waals surface area contributed by atoms with Gasteiger partial charge < -0.3 is 0 Å². The standard InChI is InChI=1S/C13H16OS/c1-10(2)9-11(3)13(14)15-12-7-5-4-6-8-12/h4-9,11H,1-3H3. The molecule has 0 heterocycles. The summed E-state index contributed by atoms with van der Waals surface area (Å²) in [5.74, 6) is -0.0137. The van der Waals surface area contributed by atoms with Crippen molar-refractivity contribution in [2.45, 2.75) is 25.7 Å². The molecule has 0 amide bonds. The van der Waals surface area contributed by atoms with Gasteiger partial charge in [-0.1, -0.05) is 48.5 Å². The summed E-state index contributed by atoms with van der Waals surface area (Å²) >= 11 is 1.31. The van der Waals surface area contributed by atoms with Crippen molar-refractivity contribution in [1.29, 1.82) is 0 Å². The van der Waals surface area contributed by atoms with Crippen LogP contribution in [0.25, 0.3) is 0 Å². The number of carbonyl (C=O) groups is 1. The maximum Gasteiger partial charge on any atom is 0.200 e. The predicted octanol–water partition coefficient (Wildman–Crippen LogP) is 3.91. The van der Waals surface area contributed by atoms with E-state index < -0.39 is 0 Å². The second-order valence-electron chi connectivity index (χ2n) is 3.77. The van der Waals surface area contributed by atoms with Crippen molar-refractivity contribution < 1.29 is 4.79 Å². The van der Waals surface area contributed by atoms with Crippen molar-refractivity contribution in [2.24, 2.45) is 5.92 Å². The average molecular weight is 220 g/mol. The third-order valence-corrected chi connectivity index (χ3v) is 3.00. The molecule has 15 heavy (non-hydrogen) atoms. The van der Waals surface area contributed by atoms with Crippen molar-refractivity contribution in [2.75, 3.05) is 0 Å². The fourth-order valence-electron chi connectivity index (χ4n) is 1.27. The van der Waals surface area contributed by atoms with Gasteiger partial charge in [-0.2, -0.15) is 0 Å². The smallest absolute Gasteiger partial charge is 0.200 e. The van der Waals surface area contributed by atoms with Crippen LogP contribution in [0.15, 0.2) is 46.9 Å². The number of hydrogen-bond donors (Lipinski definition) is 0.